The van der Waals surface area contributed by atoms with Gasteiger partial charge >= 0.3 is 5.97 Å². The zero-order chi connectivity index (χ0) is 20.2. The summed E-state index contributed by atoms with van der Waals surface area (Å²) in [4.78, 5) is 27.4. The Bertz CT molecular complexity index is 1070. The average molecular weight is 407 g/mol. The van der Waals surface area contributed by atoms with E-state index in [0.717, 1.165) is 39.7 Å². The van der Waals surface area contributed by atoms with Gasteiger partial charge in [-0.15, -0.1) is 11.3 Å². The number of rotatable bonds is 4. The maximum atomic E-state index is 12.3. The molecule has 3 aromatic rings. The second-order valence-electron chi connectivity index (χ2n) is 6.71. The second-order valence-corrected chi connectivity index (χ2v) is 7.77. The summed E-state index contributed by atoms with van der Waals surface area (Å²) >= 11 is 1.61. The van der Waals surface area contributed by atoms with E-state index in [1.54, 1.807) is 29.5 Å². The van der Waals surface area contributed by atoms with Crippen molar-refractivity contribution in [3.63, 3.8) is 0 Å². The molecule has 1 aliphatic heterocycles. The van der Waals surface area contributed by atoms with Gasteiger partial charge in [0.1, 0.15) is 0 Å². The summed E-state index contributed by atoms with van der Waals surface area (Å²) in [6, 6.07) is 18.6. The first kappa shape index (κ1) is 19.4. The van der Waals surface area contributed by atoms with Crippen molar-refractivity contribution in [3.05, 3.63) is 76.5 Å². The third-order valence-electron chi connectivity index (χ3n) is 4.89. The van der Waals surface area contributed by atoms with Gasteiger partial charge in [0, 0.05) is 30.1 Å². The molecule has 29 heavy (non-hydrogen) atoms. The first-order valence-corrected chi connectivity index (χ1v) is 10.2. The Morgan fingerprint density at radius 2 is 1.69 bits per heavy atom. The Kier molecular flexibility index (Phi) is 5.74. The number of hydrogen-bond acceptors (Lipinski definition) is 6. The highest BCUT2D eigenvalue weighted by Crippen LogP contribution is 2.32. The lowest BCUT2D eigenvalue weighted by Crippen LogP contribution is -2.36. The number of morpholine rings is 1. The fourth-order valence-electron chi connectivity index (χ4n) is 3.38. The number of hydrogen-bond donors (Lipinski definition) is 0. The molecule has 0 atom stereocenters. The standard InChI is InChI=1S/C23H21NO4S/c1-27-23(26)20-5-3-2-4-19(20)16-6-8-17(9-7-16)21-14-18(25)15-22(29-21)24-10-12-28-13-11-24/h2-9,14-15H,10-13H2,1H3. The predicted molar refractivity (Wildman–Crippen MR) is 116 cm³/mol. The Morgan fingerprint density at radius 1 is 1.00 bits per heavy atom. The van der Waals surface area contributed by atoms with Crippen LogP contribution >= 0.6 is 11.3 Å². The van der Waals surface area contributed by atoms with Crippen LogP contribution in [0.1, 0.15) is 10.4 Å². The van der Waals surface area contributed by atoms with Crippen LogP contribution in [0.5, 0.6) is 0 Å². The summed E-state index contributed by atoms with van der Waals surface area (Å²) in [5, 5.41) is 0.968. The Hall–Kier alpha value is -2.96. The fraction of sp³-hybridized carbons (Fsp3) is 0.217. The van der Waals surface area contributed by atoms with Crippen molar-refractivity contribution in [1.82, 2.24) is 0 Å². The minimum absolute atomic E-state index is 0.000329. The quantitative estimate of drug-likeness (QED) is 0.611. The highest BCUT2D eigenvalue weighted by atomic mass is 32.1. The monoisotopic (exact) mass is 407 g/mol. The van der Waals surface area contributed by atoms with Gasteiger partial charge in [-0.25, -0.2) is 4.79 Å². The average Bonchev–Trinajstić information content (AvgIpc) is 2.79. The molecular weight excluding hydrogens is 386 g/mol. The molecule has 5 nitrogen and oxygen atoms in total. The molecule has 4 rings (SSSR count). The third-order valence-corrected chi connectivity index (χ3v) is 6.05. The molecule has 0 saturated carbocycles. The van der Waals surface area contributed by atoms with Gasteiger partial charge in [-0.3, -0.25) is 4.79 Å². The van der Waals surface area contributed by atoms with Gasteiger partial charge in [-0.2, -0.15) is 0 Å². The van der Waals surface area contributed by atoms with Crippen LogP contribution in [0.3, 0.4) is 0 Å². The van der Waals surface area contributed by atoms with Crippen LogP contribution in [0.25, 0.3) is 21.6 Å². The number of nitrogens with zero attached hydrogens (tertiary/aromatic N) is 1. The second kappa shape index (κ2) is 8.59. The van der Waals surface area contributed by atoms with E-state index in [2.05, 4.69) is 4.90 Å². The van der Waals surface area contributed by atoms with Crippen molar-refractivity contribution in [2.75, 3.05) is 38.3 Å². The van der Waals surface area contributed by atoms with Gasteiger partial charge in [0.15, 0.2) is 5.43 Å². The summed E-state index contributed by atoms with van der Waals surface area (Å²) in [5.74, 6) is -0.360. The maximum Gasteiger partial charge on any atom is 0.338 e. The molecule has 1 fully saturated rings. The van der Waals surface area contributed by atoms with Crippen molar-refractivity contribution < 1.29 is 14.3 Å². The van der Waals surface area contributed by atoms with Crippen LogP contribution in [0.2, 0.25) is 0 Å². The minimum Gasteiger partial charge on any atom is -0.465 e. The number of ether oxygens (including phenoxy) is 2. The van der Waals surface area contributed by atoms with Crippen molar-refractivity contribution >= 4 is 22.3 Å². The Balaban J connectivity index is 1.66. The van der Waals surface area contributed by atoms with E-state index in [9.17, 15) is 9.59 Å². The summed E-state index contributed by atoms with van der Waals surface area (Å²) in [7, 11) is 1.38. The van der Waals surface area contributed by atoms with Crippen LogP contribution in [-0.4, -0.2) is 39.4 Å². The van der Waals surface area contributed by atoms with E-state index in [4.69, 9.17) is 9.47 Å². The maximum absolute atomic E-state index is 12.3. The molecule has 0 radical (unpaired) electrons. The molecular formula is C23H21NO4S. The van der Waals surface area contributed by atoms with E-state index < -0.39 is 0 Å². The van der Waals surface area contributed by atoms with Gasteiger partial charge in [0.25, 0.3) is 0 Å². The molecule has 0 spiro atoms. The highest BCUT2D eigenvalue weighted by molar-refractivity contribution is 7.19. The summed E-state index contributed by atoms with van der Waals surface area (Å²) in [5.41, 5.74) is 3.25. The largest absolute Gasteiger partial charge is 0.465 e. The van der Waals surface area contributed by atoms with E-state index in [1.165, 1.54) is 7.11 Å². The minimum atomic E-state index is -0.360. The Labute approximate surface area is 173 Å². The summed E-state index contributed by atoms with van der Waals surface area (Å²) in [6.07, 6.45) is 0. The lowest BCUT2D eigenvalue weighted by atomic mass is 9.98. The predicted octanol–water partition coefficient (Wildman–Crippen LogP) is 4.07. The molecule has 0 unspecified atom stereocenters. The van der Waals surface area contributed by atoms with Crippen LogP contribution in [0.15, 0.2) is 65.5 Å². The number of esters is 1. The van der Waals surface area contributed by atoms with Gasteiger partial charge < -0.3 is 14.4 Å². The molecule has 0 amide bonds. The lowest BCUT2D eigenvalue weighted by Gasteiger charge is -2.28. The smallest absolute Gasteiger partial charge is 0.338 e. The van der Waals surface area contributed by atoms with Crippen LogP contribution in [0.4, 0.5) is 5.00 Å². The molecule has 2 heterocycles. The van der Waals surface area contributed by atoms with Gasteiger partial charge in [-0.1, -0.05) is 42.5 Å². The number of anilines is 1. The van der Waals surface area contributed by atoms with Crippen LogP contribution in [-0.2, 0) is 9.47 Å². The van der Waals surface area contributed by atoms with Crippen molar-refractivity contribution in [3.8, 4) is 21.6 Å². The number of methoxy groups -OCH3 is 1. The molecule has 148 valence electrons. The van der Waals surface area contributed by atoms with Crippen LogP contribution < -0.4 is 10.3 Å². The van der Waals surface area contributed by atoms with Crippen molar-refractivity contribution in [2.45, 2.75) is 0 Å². The van der Waals surface area contributed by atoms with Crippen molar-refractivity contribution in [2.24, 2.45) is 0 Å². The fourth-order valence-corrected chi connectivity index (χ4v) is 4.52. The van der Waals surface area contributed by atoms with Crippen LogP contribution in [0, 0.1) is 0 Å². The first-order chi connectivity index (χ1) is 14.2. The topological polar surface area (TPSA) is 55.8 Å². The zero-order valence-electron chi connectivity index (χ0n) is 16.1. The summed E-state index contributed by atoms with van der Waals surface area (Å²) < 4.78 is 10.3. The molecule has 1 aromatic heterocycles. The number of carbonyl (C=O) groups excluding carboxylic acids is 1. The molecule has 1 saturated heterocycles. The van der Waals surface area contributed by atoms with E-state index in [1.807, 2.05) is 42.5 Å². The van der Waals surface area contributed by atoms with E-state index in [-0.39, 0.29) is 11.4 Å². The van der Waals surface area contributed by atoms with E-state index in [0.29, 0.717) is 18.8 Å². The molecule has 6 heteroatoms. The highest BCUT2D eigenvalue weighted by Gasteiger charge is 2.15. The zero-order valence-corrected chi connectivity index (χ0v) is 16.9. The van der Waals surface area contributed by atoms with E-state index >= 15 is 0 Å². The Morgan fingerprint density at radius 3 is 2.41 bits per heavy atom. The number of carbonyl (C=O) groups is 1. The molecule has 0 aliphatic carbocycles. The van der Waals surface area contributed by atoms with Crippen molar-refractivity contribution in [1.29, 1.82) is 0 Å². The van der Waals surface area contributed by atoms with Gasteiger partial charge in [0.05, 0.1) is 30.9 Å². The normalized spacial score (nSPS) is 13.9. The SMILES string of the molecule is COC(=O)c1ccccc1-c1ccc(-c2cc(=O)cc(N3CCOCC3)s2)cc1. The number of benzene rings is 2. The molecule has 0 N–H and O–H groups in total. The van der Waals surface area contributed by atoms with Gasteiger partial charge in [-0.05, 0) is 22.8 Å². The third kappa shape index (κ3) is 4.23. The van der Waals surface area contributed by atoms with Gasteiger partial charge in [0.2, 0.25) is 0 Å². The molecule has 2 aromatic carbocycles. The first-order valence-electron chi connectivity index (χ1n) is 9.42. The summed E-state index contributed by atoms with van der Waals surface area (Å²) in [6.45, 7) is 2.95. The molecule has 0 bridgehead atoms. The lowest BCUT2D eigenvalue weighted by molar-refractivity contribution is 0.0601. The molecule has 1 aliphatic rings.